The summed E-state index contributed by atoms with van der Waals surface area (Å²) in [6.07, 6.45) is 3.17. The highest BCUT2D eigenvalue weighted by Crippen LogP contribution is 2.35. The lowest BCUT2D eigenvalue weighted by molar-refractivity contribution is -0.143. The number of carbonyl (C=O) groups is 1. The van der Waals surface area contributed by atoms with Gasteiger partial charge in [-0.3, -0.25) is 9.69 Å². The molecule has 1 N–H and O–H groups in total. The summed E-state index contributed by atoms with van der Waals surface area (Å²) < 4.78 is 5.60. The van der Waals surface area contributed by atoms with Crippen molar-refractivity contribution in [2.75, 3.05) is 13.1 Å². The monoisotopic (exact) mass is 353 g/mol. The van der Waals surface area contributed by atoms with Gasteiger partial charge >= 0.3 is 5.97 Å². The van der Waals surface area contributed by atoms with Crippen LogP contribution in [0.3, 0.4) is 0 Å². The van der Waals surface area contributed by atoms with Crippen LogP contribution in [0.1, 0.15) is 30.2 Å². The van der Waals surface area contributed by atoms with Crippen LogP contribution in [0.2, 0.25) is 10.0 Å². The quantitative estimate of drug-likeness (QED) is 0.880. The molecule has 122 valence electrons. The Kier molecular flexibility index (Phi) is 4.95. The Bertz CT molecular complexity index is 687. The van der Waals surface area contributed by atoms with Crippen LogP contribution in [0.4, 0.5) is 0 Å². The molecule has 0 spiro atoms. The van der Waals surface area contributed by atoms with E-state index in [1.807, 2.05) is 24.3 Å². The molecule has 1 aliphatic rings. The van der Waals surface area contributed by atoms with E-state index in [9.17, 15) is 9.90 Å². The van der Waals surface area contributed by atoms with Crippen LogP contribution in [-0.2, 0) is 4.79 Å². The molecule has 0 aliphatic carbocycles. The number of hydrogen-bond acceptors (Lipinski definition) is 3. The van der Waals surface area contributed by atoms with Crippen molar-refractivity contribution in [2.24, 2.45) is 5.92 Å². The summed E-state index contributed by atoms with van der Waals surface area (Å²) in [6.45, 7) is 1.30. The van der Waals surface area contributed by atoms with E-state index in [1.165, 1.54) is 0 Å². The van der Waals surface area contributed by atoms with Gasteiger partial charge in [0.1, 0.15) is 5.76 Å². The SMILES string of the molecule is O=C(O)C1CCCN(C(c2ccc(Cl)c(Cl)c2)c2ccco2)C1. The number of carboxylic acid groups (broad SMARTS) is 1. The number of benzene rings is 1. The average Bonchev–Trinajstić information content (AvgIpc) is 3.05. The fourth-order valence-electron chi connectivity index (χ4n) is 3.13. The van der Waals surface area contributed by atoms with Gasteiger partial charge in [-0.15, -0.1) is 0 Å². The lowest BCUT2D eigenvalue weighted by Crippen LogP contribution is -2.41. The molecule has 1 aliphatic heterocycles. The molecule has 2 heterocycles. The predicted molar refractivity (Wildman–Crippen MR) is 88.9 cm³/mol. The molecule has 0 amide bonds. The highest BCUT2D eigenvalue weighted by molar-refractivity contribution is 6.42. The van der Waals surface area contributed by atoms with Crippen molar-refractivity contribution >= 4 is 29.2 Å². The first-order chi connectivity index (χ1) is 11.1. The lowest BCUT2D eigenvalue weighted by Gasteiger charge is -2.36. The van der Waals surface area contributed by atoms with E-state index < -0.39 is 5.97 Å². The van der Waals surface area contributed by atoms with Gasteiger partial charge in [-0.25, -0.2) is 0 Å². The van der Waals surface area contributed by atoms with Crippen molar-refractivity contribution in [3.8, 4) is 0 Å². The molecular formula is C17H17Cl2NO3. The molecular weight excluding hydrogens is 337 g/mol. The van der Waals surface area contributed by atoms with Crippen LogP contribution in [-0.4, -0.2) is 29.1 Å². The molecule has 0 bridgehead atoms. The number of nitrogens with zero attached hydrogens (tertiary/aromatic N) is 1. The van der Waals surface area contributed by atoms with E-state index in [0.717, 1.165) is 24.3 Å². The highest BCUT2D eigenvalue weighted by atomic mass is 35.5. The summed E-state index contributed by atoms with van der Waals surface area (Å²) in [4.78, 5) is 13.5. The molecule has 6 heteroatoms. The number of carboxylic acids is 1. The third-order valence-corrected chi connectivity index (χ3v) is 4.98. The lowest BCUT2D eigenvalue weighted by atomic mass is 9.94. The standard InChI is InChI=1S/C17H17Cl2NO3/c18-13-6-5-11(9-14(13)19)16(15-4-2-8-23-15)20-7-1-3-12(10-20)17(21)22/h2,4-6,8-9,12,16H,1,3,7,10H2,(H,21,22). The maximum Gasteiger partial charge on any atom is 0.307 e. The molecule has 3 rings (SSSR count). The number of piperidine rings is 1. The zero-order valence-electron chi connectivity index (χ0n) is 12.4. The Morgan fingerprint density at radius 1 is 1.30 bits per heavy atom. The fourth-order valence-corrected chi connectivity index (χ4v) is 3.43. The van der Waals surface area contributed by atoms with E-state index in [-0.39, 0.29) is 12.0 Å². The van der Waals surface area contributed by atoms with Crippen molar-refractivity contribution in [2.45, 2.75) is 18.9 Å². The van der Waals surface area contributed by atoms with E-state index in [0.29, 0.717) is 23.0 Å². The maximum atomic E-state index is 11.4. The van der Waals surface area contributed by atoms with Gasteiger partial charge in [0.05, 0.1) is 28.3 Å². The molecule has 23 heavy (non-hydrogen) atoms. The number of aliphatic carboxylic acids is 1. The van der Waals surface area contributed by atoms with E-state index in [2.05, 4.69) is 4.90 Å². The first kappa shape index (κ1) is 16.4. The average molecular weight is 354 g/mol. The van der Waals surface area contributed by atoms with Crippen molar-refractivity contribution in [3.63, 3.8) is 0 Å². The molecule has 2 aromatic rings. The van der Waals surface area contributed by atoms with Gasteiger partial charge in [0, 0.05) is 6.54 Å². The largest absolute Gasteiger partial charge is 0.481 e. The second-order valence-corrected chi connectivity index (χ2v) is 6.58. The van der Waals surface area contributed by atoms with Gasteiger partial charge in [0.2, 0.25) is 0 Å². The third-order valence-electron chi connectivity index (χ3n) is 4.24. The molecule has 0 saturated carbocycles. The molecule has 4 nitrogen and oxygen atoms in total. The normalized spacial score (nSPS) is 20.3. The van der Waals surface area contributed by atoms with Crippen LogP contribution >= 0.6 is 23.2 Å². The van der Waals surface area contributed by atoms with E-state index in [1.54, 1.807) is 12.3 Å². The van der Waals surface area contributed by atoms with Crippen molar-refractivity contribution in [1.82, 2.24) is 4.90 Å². The summed E-state index contributed by atoms with van der Waals surface area (Å²) >= 11 is 12.2. The predicted octanol–water partition coefficient (Wildman–Crippen LogP) is 4.47. The summed E-state index contributed by atoms with van der Waals surface area (Å²) in [5.41, 5.74) is 0.945. The summed E-state index contributed by atoms with van der Waals surface area (Å²) in [7, 11) is 0. The minimum atomic E-state index is -0.748. The van der Waals surface area contributed by atoms with Gasteiger partial charge in [-0.05, 0) is 49.2 Å². The zero-order chi connectivity index (χ0) is 16.4. The number of rotatable bonds is 4. The molecule has 2 unspecified atom stereocenters. The Morgan fingerprint density at radius 3 is 2.78 bits per heavy atom. The highest BCUT2D eigenvalue weighted by Gasteiger charge is 2.32. The molecule has 1 saturated heterocycles. The van der Waals surface area contributed by atoms with Crippen LogP contribution in [0.25, 0.3) is 0 Å². The van der Waals surface area contributed by atoms with E-state index >= 15 is 0 Å². The van der Waals surface area contributed by atoms with Crippen LogP contribution in [0.15, 0.2) is 41.0 Å². The van der Waals surface area contributed by atoms with Crippen LogP contribution in [0.5, 0.6) is 0 Å². The number of likely N-dealkylation sites (tertiary alicyclic amines) is 1. The Labute approximate surface area is 144 Å². The van der Waals surface area contributed by atoms with Crippen molar-refractivity contribution in [3.05, 3.63) is 58.0 Å². The Hall–Kier alpha value is -1.49. The van der Waals surface area contributed by atoms with Gasteiger partial charge < -0.3 is 9.52 Å². The number of furan rings is 1. The van der Waals surface area contributed by atoms with Crippen LogP contribution in [0, 0.1) is 5.92 Å². The third kappa shape index (κ3) is 3.55. The van der Waals surface area contributed by atoms with Gasteiger partial charge in [0.25, 0.3) is 0 Å². The van der Waals surface area contributed by atoms with Crippen LogP contribution < -0.4 is 0 Å². The second kappa shape index (κ2) is 6.95. The first-order valence-corrected chi connectivity index (χ1v) is 8.27. The Balaban J connectivity index is 1.96. The molecule has 1 aromatic heterocycles. The maximum absolute atomic E-state index is 11.4. The molecule has 2 atom stereocenters. The molecule has 1 aromatic carbocycles. The number of hydrogen-bond donors (Lipinski definition) is 1. The minimum absolute atomic E-state index is 0.165. The summed E-state index contributed by atoms with van der Waals surface area (Å²) in [5, 5.41) is 10.3. The van der Waals surface area contributed by atoms with E-state index in [4.69, 9.17) is 27.6 Å². The van der Waals surface area contributed by atoms with Gasteiger partial charge in [0.15, 0.2) is 0 Å². The Morgan fingerprint density at radius 2 is 2.13 bits per heavy atom. The smallest absolute Gasteiger partial charge is 0.307 e. The minimum Gasteiger partial charge on any atom is -0.481 e. The van der Waals surface area contributed by atoms with Crippen molar-refractivity contribution in [1.29, 1.82) is 0 Å². The number of halogens is 2. The van der Waals surface area contributed by atoms with Crippen molar-refractivity contribution < 1.29 is 14.3 Å². The summed E-state index contributed by atoms with van der Waals surface area (Å²) in [6, 6.07) is 9.05. The molecule has 1 fully saturated rings. The first-order valence-electron chi connectivity index (χ1n) is 7.51. The van der Waals surface area contributed by atoms with Gasteiger partial charge in [-0.1, -0.05) is 29.3 Å². The fraction of sp³-hybridized carbons (Fsp3) is 0.353. The summed E-state index contributed by atoms with van der Waals surface area (Å²) in [5.74, 6) is -0.333. The van der Waals surface area contributed by atoms with Gasteiger partial charge in [-0.2, -0.15) is 0 Å². The second-order valence-electron chi connectivity index (χ2n) is 5.76. The topological polar surface area (TPSA) is 53.7 Å². The molecule has 0 radical (unpaired) electrons. The zero-order valence-corrected chi connectivity index (χ0v) is 13.9.